The van der Waals surface area contributed by atoms with Crippen molar-refractivity contribution in [3.8, 4) is 11.5 Å². The number of amides is 3. The summed E-state index contributed by atoms with van der Waals surface area (Å²) >= 11 is 1.71. The third-order valence-electron chi connectivity index (χ3n) is 7.91. The number of alkyl halides is 3. The summed E-state index contributed by atoms with van der Waals surface area (Å²) in [6.07, 6.45) is -4.63. The number of nitro benzene ring substituents is 1. The molecule has 12 nitrogen and oxygen atoms in total. The van der Waals surface area contributed by atoms with Gasteiger partial charge in [-0.15, -0.1) is 0 Å². The highest BCUT2D eigenvalue weighted by Crippen LogP contribution is 2.54. The van der Waals surface area contributed by atoms with Gasteiger partial charge in [0.2, 0.25) is 17.7 Å². The molecule has 1 N–H and O–H groups in total. The Hall–Kier alpha value is -5.16. The highest BCUT2D eigenvalue weighted by Gasteiger charge is 2.57. The van der Waals surface area contributed by atoms with Crippen molar-refractivity contribution < 1.29 is 42.0 Å². The maximum atomic E-state index is 14.1. The Balaban J connectivity index is 1.40. The van der Waals surface area contributed by atoms with E-state index >= 15 is 0 Å². The molecule has 248 valence electrons. The number of hydrogen-bond donors (Lipinski definition) is 1. The average molecular weight is 701 g/mol. The van der Waals surface area contributed by atoms with Crippen molar-refractivity contribution in [3.05, 3.63) is 103 Å². The third-order valence-corrected chi connectivity index (χ3v) is 10.5. The van der Waals surface area contributed by atoms with Crippen LogP contribution in [-0.4, -0.2) is 46.7 Å². The van der Waals surface area contributed by atoms with Gasteiger partial charge < -0.3 is 14.8 Å². The van der Waals surface area contributed by atoms with Crippen molar-refractivity contribution >= 4 is 57.9 Å². The first-order valence-electron chi connectivity index (χ1n) is 14.0. The van der Waals surface area contributed by atoms with Crippen LogP contribution in [0.5, 0.6) is 11.5 Å². The molecule has 0 radical (unpaired) electrons. The van der Waals surface area contributed by atoms with Crippen LogP contribution in [0, 0.1) is 16.0 Å². The number of nitrogens with zero attached hydrogens (tertiary/aromatic N) is 3. The molecule has 3 atom stereocenters. The lowest BCUT2D eigenvalue weighted by atomic mass is 9.83. The first-order chi connectivity index (χ1) is 22.8. The number of fused-ring (bicyclic) bond motifs is 2. The third kappa shape index (κ3) is 5.79. The first-order valence-corrected chi connectivity index (χ1v) is 15.7. The van der Waals surface area contributed by atoms with Gasteiger partial charge in [0.05, 0.1) is 41.3 Å². The fraction of sp³-hybridized carbons (Fsp3) is 0.226. The Morgan fingerprint density at radius 1 is 0.979 bits per heavy atom. The van der Waals surface area contributed by atoms with Gasteiger partial charge in [-0.3, -0.25) is 33.9 Å². The Bertz CT molecular complexity index is 2030. The van der Waals surface area contributed by atoms with E-state index in [9.17, 15) is 42.5 Å². The number of halogens is 3. The molecular weight excluding hydrogens is 677 g/mol. The van der Waals surface area contributed by atoms with Gasteiger partial charge in [0.15, 0.2) is 11.5 Å². The molecule has 0 spiro atoms. The second kappa shape index (κ2) is 12.5. The zero-order valence-electron chi connectivity index (χ0n) is 24.8. The van der Waals surface area contributed by atoms with Crippen LogP contribution in [0.3, 0.4) is 0 Å². The van der Waals surface area contributed by atoms with Crippen LogP contribution in [-0.2, 0) is 27.1 Å². The van der Waals surface area contributed by atoms with Crippen molar-refractivity contribution in [1.29, 1.82) is 0 Å². The van der Waals surface area contributed by atoms with Crippen LogP contribution in [0.1, 0.15) is 21.9 Å². The maximum absolute atomic E-state index is 14.1. The first kappa shape index (κ1) is 32.8. The Kier molecular flexibility index (Phi) is 8.51. The lowest BCUT2D eigenvalue weighted by Gasteiger charge is -2.31. The van der Waals surface area contributed by atoms with Crippen LogP contribution >= 0.6 is 23.1 Å². The van der Waals surface area contributed by atoms with Gasteiger partial charge >= 0.3 is 11.0 Å². The molecule has 6 rings (SSSR count). The van der Waals surface area contributed by atoms with E-state index in [1.54, 1.807) is 18.2 Å². The topological polar surface area (TPSA) is 150 Å². The zero-order valence-corrected chi connectivity index (χ0v) is 26.5. The van der Waals surface area contributed by atoms with E-state index in [1.807, 2.05) is 0 Å². The molecule has 2 aliphatic heterocycles. The number of aromatic nitrogens is 1. The molecule has 1 aromatic heterocycles. The zero-order chi connectivity index (χ0) is 34.5. The van der Waals surface area contributed by atoms with E-state index in [4.69, 9.17) is 9.47 Å². The molecule has 0 bridgehead atoms. The summed E-state index contributed by atoms with van der Waals surface area (Å²) in [6, 6.07) is 13.9. The molecule has 17 heteroatoms. The highest BCUT2D eigenvalue weighted by atomic mass is 32.2. The summed E-state index contributed by atoms with van der Waals surface area (Å²) < 4.78 is 51.6. The van der Waals surface area contributed by atoms with Gasteiger partial charge in [-0.1, -0.05) is 35.2 Å². The van der Waals surface area contributed by atoms with Crippen LogP contribution in [0.15, 0.2) is 76.6 Å². The summed E-state index contributed by atoms with van der Waals surface area (Å²) in [6.45, 7) is -0.585. The van der Waals surface area contributed by atoms with Crippen molar-refractivity contribution in [2.45, 2.75) is 28.9 Å². The second-order valence-corrected chi connectivity index (χ2v) is 12.8. The number of benzene rings is 3. The summed E-state index contributed by atoms with van der Waals surface area (Å²) in [5.41, 5.74) is -0.692. The van der Waals surface area contributed by atoms with Crippen LogP contribution in [0.2, 0.25) is 0 Å². The lowest BCUT2D eigenvalue weighted by molar-refractivity contribution is -0.384. The number of thioether (sulfide) groups is 1. The Morgan fingerprint density at radius 3 is 2.33 bits per heavy atom. The summed E-state index contributed by atoms with van der Waals surface area (Å²) in [5.74, 6) is -3.18. The molecule has 48 heavy (non-hydrogen) atoms. The molecule has 0 aliphatic carbocycles. The minimum Gasteiger partial charge on any atom is -0.493 e. The van der Waals surface area contributed by atoms with Crippen molar-refractivity contribution in [2.24, 2.45) is 5.92 Å². The predicted molar refractivity (Wildman–Crippen MR) is 169 cm³/mol. The average Bonchev–Trinajstić information content (AvgIpc) is 3.50. The summed E-state index contributed by atoms with van der Waals surface area (Å²) in [7, 11) is 2.87. The largest absolute Gasteiger partial charge is 0.493 e. The van der Waals surface area contributed by atoms with Crippen molar-refractivity contribution in [1.82, 2.24) is 4.57 Å². The molecule has 3 heterocycles. The van der Waals surface area contributed by atoms with Gasteiger partial charge in [0, 0.05) is 28.6 Å². The number of imide groups is 1. The molecule has 1 saturated heterocycles. The number of carbonyl (C=O) groups is 3. The number of methoxy groups -OCH3 is 2. The number of anilines is 2. The number of ether oxygens (including phenoxy) is 2. The van der Waals surface area contributed by atoms with E-state index in [1.165, 1.54) is 44.6 Å². The molecule has 3 unspecified atom stereocenters. The van der Waals surface area contributed by atoms with Gasteiger partial charge in [0.25, 0.3) is 5.69 Å². The number of rotatable bonds is 8. The van der Waals surface area contributed by atoms with Crippen molar-refractivity contribution in [2.75, 3.05) is 24.4 Å². The minimum atomic E-state index is -4.63. The standard InChI is InChI=1S/C31H23F3N4O8S2/c1-45-20-11-6-15(12-21(20)46-2)23-24-25(28(41)37(27(24)40)18-7-9-19(10-8-18)38(43)44)47-29-26(23)48-30(42)36(29)14-22(39)35-17-5-3-4-16(13-17)31(32,33)34/h3-13,23-25H,14H2,1-2H3,(H,35,39). The summed E-state index contributed by atoms with van der Waals surface area (Å²) in [4.78, 5) is 65.8. The van der Waals surface area contributed by atoms with Crippen LogP contribution < -0.4 is 24.6 Å². The smallest absolute Gasteiger partial charge is 0.416 e. The number of non-ortho nitro benzene ring substituents is 1. The quantitative estimate of drug-likeness (QED) is 0.147. The fourth-order valence-corrected chi connectivity index (χ4v) is 8.53. The van der Waals surface area contributed by atoms with Gasteiger partial charge in [0.1, 0.15) is 11.8 Å². The van der Waals surface area contributed by atoms with Gasteiger partial charge in [-0.2, -0.15) is 13.2 Å². The Labute approximate surface area is 277 Å². The van der Waals surface area contributed by atoms with E-state index < -0.39 is 62.9 Å². The molecule has 0 saturated carbocycles. The van der Waals surface area contributed by atoms with Crippen LogP contribution in [0.4, 0.5) is 30.2 Å². The Morgan fingerprint density at radius 2 is 1.69 bits per heavy atom. The van der Waals surface area contributed by atoms with Gasteiger partial charge in [-0.05, 0) is 48.0 Å². The van der Waals surface area contributed by atoms with E-state index in [-0.39, 0.29) is 22.1 Å². The SMILES string of the molecule is COc1ccc(C2c3sc(=O)n(CC(=O)Nc4cccc(C(F)(F)F)c4)c3SC3C(=O)N(c4ccc([N+](=O)[O-])cc4)C(=O)C32)cc1OC. The van der Waals surface area contributed by atoms with Gasteiger partial charge in [-0.25, -0.2) is 4.90 Å². The number of hydrogen-bond acceptors (Lipinski definition) is 10. The van der Waals surface area contributed by atoms with E-state index in [0.29, 0.717) is 21.9 Å². The van der Waals surface area contributed by atoms with Crippen LogP contribution in [0.25, 0.3) is 0 Å². The second-order valence-electron chi connectivity index (χ2n) is 10.7. The molecule has 3 amide bonds. The molecule has 1 fully saturated rings. The molecule has 4 aromatic rings. The van der Waals surface area contributed by atoms with Crippen molar-refractivity contribution in [3.63, 3.8) is 0 Å². The lowest BCUT2D eigenvalue weighted by Crippen LogP contribution is -2.33. The monoisotopic (exact) mass is 700 g/mol. The number of carbonyl (C=O) groups excluding carboxylic acids is 3. The van der Waals surface area contributed by atoms with E-state index in [2.05, 4.69) is 5.32 Å². The highest BCUT2D eigenvalue weighted by molar-refractivity contribution is 8.00. The maximum Gasteiger partial charge on any atom is 0.416 e. The molecule has 3 aromatic carbocycles. The molecular formula is C31H23F3N4O8S2. The normalized spacial score (nSPS) is 18.7. The number of nitro groups is 1. The summed E-state index contributed by atoms with van der Waals surface area (Å²) in [5, 5.41) is 12.8. The number of thiazole rings is 1. The van der Waals surface area contributed by atoms with E-state index in [0.717, 1.165) is 50.8 Å². The fourth-order valence-electron chi connectivity index (χ4n) is 5.76. The minimum absolute atomic E-state index is 0.123. The number of nitrogens with one attached hydrogen (secondary N) is 1. The molecule has 2 aliphatic rings. The predicted octanol–water partition coefficient (Wildman–Crippen LogP) is 5.29.